The first kappa shape index (κ1) is 10.9. The first-order valence-corrected chi connectivity index (χ1v) is 6.28. The Morgan fingerprint density at radius 1 is 1.31 bits per heavy atom. The fourth-order valence-electron chi connectivity index (χ4n) is 1.85. The van der Waals surface area contributed by atoms with Gasteiger partial charge in [-0.1, -0.05) is 6.92 Å². The van der Waals surface area contributed by atoms with Crippen LogP contribution in [0.5, 0.6) is 0 Å². The summed E-state index contributed by atoms with van der Waals surface area (Å²) in [6, 6.07) is 0.356. The van der Waals surface area contributed by atoms with Crippen LogP contribution in [0.25, 0.3) is 0 Å². The maximum atomic E-state index is 11.3. The van der Waals surface area contributed by atoms with Crippen molar-refractivity contribution in [2.75, 3.05) is 33.4 Å². The third-order valence-corrected chi connectivity index (χ3v) is 3.91. The first-order valence-electron chi connectivity index (χ1n) is 4.44. The molecule has 13 heavy (non-hydrogen) atoms. The minimum Gasteiger partial charge on any atom is -0.305 e. The van der Waals surface area contributed by atoms with Crippen LogP contribution in [0.15, 0.2) is 0 Å². The molecule has 0 saturated carbocycles. The SMILES string of the molecule is CC1CN(S(C)(=O)=O)CC1N(C)C. The monoisotopic (exact) mass is 206 g/mol. The molecule has 2 atom stereocenters. The predicted molar refractivity (Wildman–Crippen MR) is 53.1 cm³/mol. The highest BCUT2D eigenvalue weighted by Gasteiger charge is 2.35. The highest BCUT2D eigenvalue weighted by atomic mass is 32.2. The van der Waals surface area contributed by atoms with E-state index < -0.39 is 10.0 Å². The summed E-state index contributed by atoms with van der Waals surface area (Å²) in [5.41, 5.74) is 0. The molecule has 1 aliphatic rings. The van der Waals surface area contributed by atoms with E-state index in [1.54, 1.807) is 4.31 Å². The summed E-state index contributed by atoms with van der Waals surface area (Å²) < 4.78 is 24.1. The minimum absolute atomic E-state index is 0.356. The van der Waals surface area contributed by atoms with Gasteiger partial charge in [0.15, 0.2) is 0 Å². The van der Waals surface area contributed by atoms with Crippen LogP contribution in [0.1, 0.15) is 6.92 Å². The van der Waals surface area contributed by atoms with Gasteiger partial charge in [0.25, 0.3) is 0 Å². The molecule has 4 nitrogen and oxygen atoms in total. The zero-order valence-corrected chi connectivity index (χ0v) is 9.50. The molecule has 78 valence electrons. The second-order valence-electron chi connectivity index (χ2n) is 4.09. The Kier molecular flexibility index (Phi) is 2.99. The quantitative estimate of drug-likeness (QED) is 0.630. The summed E-state index contributed by atoms with van der Waals surface area (Å²) in [7, 11) is 0.991. The van der Waals surface area contributed by atoms with Crippen molar-refractivity contribution in [3.63, 3.8) is 0 Å². The second-order valence-corrected chi connectivity index (χ2v) is 6.07. The molecule has 0 spiro atoms. The molecule has 0 aromatic carbocycles. The van der Waals surface area contributed by atoms with Gasteiger partial charge >= 0.3 is 0 Å². The van der Waals surface area contributed by atoms with Gasteiger partial charge in [0.2, 0.25) is 10.0 Å². The molecule has 1 rings (SSSR count). The van der Waals surface area contributed by atoms with Crippen LogP contribution < -0.4 is 0 Å². The van der Waals surface area contributed by atoms with Gasteiger partial charge < -0.3 is 4.90 Å². The lowest BCUT2D eigenvalue weighted by atomic mass is 10.1. The Bertz CT molecular complexity index is 274. The fourth-order valence-corrected chi connectivity index (χ4v) is 2.78. The summed E-state index contributed by atoms with van der Waals surface area (Å²) in [6.45, 7) is 3.38. The number of nitrogens with zero attached hydrogens (tertiary/aromatic N) is 2. The van der Waals surface area contributed by atoms with Gasteiger partial charge in [0.1, 0.15) is 0 Å². The molecule has 0 amide bonds. The van der Waals surface area contributed by atoms with Gasteiger partial charge in [-0.3, -0.25) is 0 Å². The van der Waals surface area contributed by atoms with Crippen LogP contribution in [0.4, 0.5) is 0 Å². The molecule has 0 aromatic heterocycles. The number of sulfonamides is 1. The summed E-state index contributed by atoms with van der Waals surface area (Å²) in [6.07, 6.45) is 1.28. The first-order chi connectivity index (χ1) is 5.82. The lowest BCUT2D eigenvalue weighted by molar-refractivity contribution is 0.263. The molecular formula is C8H18N2O2S. The van der Waals surface area contributed by atoms with E-state index in [0.717, 1.165) is 0 Å². The highest BCUT2D eigenvalue weighted by Crippen LogP contribution is 2.21. The van der Waals surface area contributed by atoms with E-state index in [1.165, 1.54) is 6.26 Å². The van der Waals surface area contributed by atoms with Crippen molar-refractivity contribution >= 4 is 10.0 Å². The summed E-state index contributed by atoms with van der Waals surface area (Å²) in [4.78, 5) is 2.09. The van der Waals surface area contributed by atoms with Crippen LogP contribution >= 0.6 is 0 Å². The van der Waals surface area contributed by atoms with Crippen molar-refractivity contribution < 1.29 is 8.42 Å². The van der Waals surface area contributed by atoms with Gasteiger partial charge in [-0.05, 0) is 20.0 Å². The smallest absolute Gasteiger partial charge is 0.211 e. The zero-order chi connectivity index (χ0) is 10.2. The highest BCUT2D eigenvalue weighted by molar-refractivity contribution is 7.88. The van der Waals surface area contributed by atoms with Crippen molar-refractivity contribution in [3.05, 3.63) is 0 Å². The van der Waals surface area contributed by atoms with E-state index in [0.29, 0.717) is 25.0 Å². The normalized spacial score (nSPS) is 31.5. The number of hydrogen-bond donors (Lipinski definition) is 0. The van der Waals surface area contributed by atoms with Gasteiger partial charge in [-0.25, -0.2) is 12.7 Å². The Morgan fingerprint density at radius 3 is 2.08 bits per heavy atom. The summed E-state index contributed by atoms with van der Waals surface area (Å²) >= 11 is 0. The number of likely N-dealkylation sites (N-methyl/N-ethyl adjacent to an activating group) is 1. The van der Waals surface area contributed by atoms with Crippen LogP contribution in [0.3, 0.4) is 0 Å². The van der Waals surface area contributed by atoms with E-state index >= 15 is 0 Å². The maximum absolute atomic E-state index is 11.3. The molecule has 2 unspecified atom stereocenters. The average Bonchev–Trinajstić information content (AvgIpc) is 2.29. The van der Waals surface area contributed by atoms with Crippen molar-refractivity contribution in [1.82, 2.24) is 9.21 Å². The standard InChI is InChI=1S/C8H18N2O2S/c1-7-5-10(13(4,11)12)6-8(7)9(2)3/h7-8H,5-6H2,1-4H3. The third kappa shape index (κ3) is 2.42. The van der Waals surface area contributed by atoms with E-state index in [-0.39, 0.29) is 0 Å². The summed E-state index contributed by atoms with van der Waals surface area (Å²) in [5.74, 6) is 0.421. The maximum Gasteiger partial charge on any atom is 0.211 e. The van der Waals surface area contributed by atoms with E-state index in [9.17, 15) is 8.42 Å². The topological polar surface area (TPSA) is 40.6 Å². The Balaban J connectivity index is 2.71. The Hall–Kier alpha value is -0.130. The molecule has 1 saturated heterocycles. The molecule has 1 fully saturated rings. The largest absolute Gasteiger partial charge is 0.305 e. The molecule has 0 aliphatic carbocycles. The molecule has 1 aliphatic heterocycles. The fraction of sp³-hybridized carbons (Fsp3) is 1.00. The van der Waals surface area contributed by atoms with E-state index in [1.807, 2.05) is 14.1 Å². The Morgan fingerprint density at radius 2 is 1.85 bits per heavy atom. The molecule has 5 heteroatoms. The minimum atomic E-state index is -3.00. The third-order valence-electron chi connectivity index (χ3n) is 2.67. The lowest BCUT2D eigenvalue weighted by Crippen LogP contribution is -2.35. The van der Waals surface area contributed by atoms with Gasteiger partial charge in [-0.15, -0.1) is 0 Å². The molecular weight excluding hydrogens is 188 g/mol. The van der Waals surface area contributed by atoms with Crippen LogP contribution in [-0.2, 0) is 10.0 Å². The molecule has 0 bridgehead atoms. The zero-order valence-electron chi connectivity index (χ0n) is 8.69. The van der Waals surface area contributed by atoms with Gasteiger partial charge in [0.05, 0.1) is 6.26 Å². The molecule has 0 N–H and O–H groups in total. The average molecular weight is 206 g/mol. The van der Waals surface area contributed by atoms with Crippen molar-refractivity contribution in [2.45, 2.75) is 13.0 Å². The molecule has 0 aromatic rings. The lowest BCUT2D eigenvalue weighted by Gasteiger charge is -2.22. The van der Waals surface area contributed by atoms with Crippen LogP contribution in [0.2, 0.25) is 0 Å². The van der Waals surface area contributed by atoms with E-state index in [2.05, 4.69) is 11.8 Å². The van der Waals surface area contributed by atoms with Crippen LogP contribution in [-0.4, -0.2) is 57.1 Å². The van der Waals surface area contributed by atoms with Crippen molar-refractivity contribution in [2.24, 2.45) is 5.92 Å². The Labute approximate surface area is 80.6 Å². The van der Waals surface area contributed by atoms with Crippen molar-refractivity contribution in [3.8, 4) is 0 Å². The molecule has 0 radical (unpaired) electrons. The van der Waals surface area contributed by atoms with Crippen molar-refractivity contribution in [1.29, 1.82) is 0 Å². The number of rotatable bonds is 2. The second kappa shape index (κ2) is 3.55. The number of hydrogen-bond acceptors (Lipinski definition) is 3. The van der Waals surface area contributed by atoms with E-state index in [4.69, 9.17) is 0 Å². The van der Waals surface area contributed by atoms with Gasteiger partial charge in [0, 0.05) is 19.1 Å². The predicted octanol–water partition coefficient (Wildman–Crippen LogP) is -0.172. The van der Waals surface area contributed by atoms with Crippen LogP contribution in [0, 0.1) is 5.92 Å². The van der Waals surface area contributed by atoms with Gasteiger partial charge in [-0.2, -0.15) is 0 Å². The summed E-state index contributed by atoms with van der Waals surface area (Å²) in [5, 5.41) is 0. The molecule has 1 heterocycles.